The molecule has 0 unspecified atom stereocenters. The molecule has 3 aliphatic carbocycles. The Hall–Kier alpha value is -4.46. The Kier molecular flexibility index (Phi) is 6.60. The van der Waals surface area contributed by atoms with E-state index in [1.165, 1.54) is 25.3 Å². The third kappa shape index (κ3) is 4.18. The molecule has 0 spiro atoms. The molecule has 214 valence electrons. The number of carbonyl (C=O) groups excluding carboxylic acids is 4. The van der Waals surface area contributed by atoms with Crippen molar-refractivity contribution < 1.29 is 23.9 Å². The van der Waals surface area contributed by atoms with E-state index in [0.29, 0.717) is 10.8 Å². The number of methoxy groups -OCH3 is 1. The zero-order valence-corrected chi connectivity index (χ0v) is 24.4. The summed E-state index contributed by atoms with van der Waals surface area (Å²) in [4.78, 5) is 56.6. The molecule has 2 bridgehead atoms. The fraction of sp³-hybridized carbons (Fsp3) is 0.176. The number of rotatable bonds is 6. The molecule has 0 N–H and O–H groups in total. The van der Waals surface area contributed by atoms with Crippen molar-refractivity contribution in [1.29, 1.82) is 0 Å². The quantitative estimate of drug-likeness (QED) is 0.194. The van der Waals surface area contributed by atoms with Crippen molar-refractivity contribution in [2.75, 3.05) is 13.7 Å². The van der Waals surface area contributed by atoms with E-state index in [4.69, 9.17) is 27.9 Å². The highest BCUT2D eigenvalue weighted by Crippen LogP contribution is 2.61. The molecule has 0 saturated carbocycles. The van der Waals surface area contributed by atoms with Gasteiger partial charge in [0.2, 0.25) is 0 Å². The minimum absolute atomic E-state index is 0.00882. The molecule has 0 aromatic heterocycles. The Balaban J connectivity index is 1.34. The highest BCUT2D eigenvalue weighted by molar-refractivity contribution is 6.36. The van der Waals surface area contributed by atoms with Crippen molar-refractivity contribution >= 4 is 46.7 Å². The van der Waals surface area contributed by atoms with Gasteiger partial charge in [0.05, 0.1) is 29.5 Å². The number of ether oxygens (including phenoxy) is 1. The lowest BCUT2D eigenvalue weighted by Crippen LogP contribution is -2.52. The van der Waals surface area contributed by atoms with Crippen molar-refractivity contribution in [1.82, 2.24) is 10.0 Å². The van der Waals surface area contributed by atoms with E-state index in [1.807, 2.05) is 48.5 Å². The number of hydrogen-bond donors (Lipinski definition) is 0. The molecule has 1 saturated heterocycles. The summed E-state index contributed by atoms with van der Waals surface area (Å²) in [5.74, 6) is -4.03. The maximum atomic E-state index is 14.4. The molecule has 4 aromatic carbocycles. The number of hydrazine groups is 1. The first-order valence-electron chi connectivity index (χ1n) is 13.8. The number of imide groups is 1. The lowest BCUT2D eigenvalue weighted by molar-refractivity contribution is -0.154. The number of hydrogen-bond acceptors (Lipinski definition) is 5. The van der Waals surface area contributed by atoms with E-state index in [1.54, 1.807) is 24.3 Å². The largest absolute Gasteiger partial charge is 0.497 e. The minimum Gasteiger partial charge on any atom is -0.497 e. The summed E-state index contributed by atoms with van der Waals surface area (Å²) in [6, 6.07) is 26.5. The molecule has 4 aliphatic rings. The number of amides is 3. The average molecular weight is 611 g/mol. The molecule has 0 radical (unpaired) electrons. The van der Waals surface area contributed by atoms with Gasteiger partial charge in [-0.1, -0.05) is 83.9 Å². The third-order valence-corrected chi connectivity index (χ3v) is 9.30. The highest BCUT2D eigenvalue weighted by atomic mass is 35.5. The van der Waals surface area contributed by atoms with Crippen LogP contribution in [0.5, 0.6) is 5.75 Å². The third-order valence-electron chi connectivity index (χ3n) is 8.75. The van der Waals surface area contributed by atoms with Crippen LogP contribution in [0.2, 0.25) is 10.0 Å². The van der Waals surface area contributed by atoms with E-state index in [-0.39, 0.29) is 28.0 Å². The monoisotopic (exact) mass is 610 g/mol. The second-order valence-electron chi connectivity index (χ2n) is 10.9. The Labute approximate surface area is 257 Å². The normalized spacial score (nSPS) is 21.2. The van der Waals surface area contributed by atoms with Gasteiger partial charge in [-0.3, -0.25) is 19.2 Å². The summed E-state index contributed by atoms with van der Waals surface area (Å²) in [7, 11) is 1.48. The van der Waals surface area contributed by atoms with Crippen molar-refractivity contribution in [2.24, 2.45) is 11.8 Å². The van der Waals surface area contributed by atoms with Gasteiger partial charge in [-0.05, 0) is 52.6 Å². The van der Waals surface area contributed by atoms with Crippen molar-refractivity contribution in [3.8, 4) is 5.75 Å². The van der Waals surface area contributed by atoms with Crippen molar-refractivity contribution in [3.63, 3.8) is 0 Å². The molecule has 2 atom stereocenters. The van der Waals surface area contributed by atoms with Crippen LogP contribution in [0, 0.1) is 11.8 Å². The van der Waals surface area contributed by atoms with E-state index in [9.17, 15) is 19.2 Å². The zero-order valence-electron chi connectivity index (χ0n) is 22.9. The number of Topliss-reactive ketones (excluding diaryl/α,β-unsaturated/α-hetero) is 1. The van der Waals surface area contributed by atoms with E-state index >= 15 is 0 Å². The SMILES string of the molecule is COc1cccc(C(=O)CN(C(=O)c2ccc(Cl)cc2Cl)N2C(=O)[C@@H]3C4c5ccccc5C(c5ccccc54)[C@H]3C2=O)c1. The smallest absolute Gasteiger partial charge is 0.274 e. The molecule has 9 heteroatoms. The van der Waals surface area contributed by atoms with Crippen LogP contribution in [0.1, 0.15) is 54.8 Å². The van der Waals surface area contributed by atoms with Gasteiger partial charge in [-0.25, -0.2) is 5.01 Å². The van der Waals surface area contributed by atoms with Gasteiger partial charge in [0.25, 0.3) is 17.7 Å². The lowest BCUT2D eigenvalue weighted by Gasteiger charge is -2.45. The van der Waals surface area contributed by atoms with Crippen LogP contribution in [0.3, 0.4) is 0 Å². The van der Waals surface area contributed by atoms with Gasteiger partial charge in [-0.2, -0.15) is 5.01 Å². The molecule has 7 nitrogen and oxygen atoms in total. The Bertz CT molecular complexity index is 1740. The van der Waals surface area contributed by atoms with Crippen molar-refractivity contribution in [3.05, 3.63) is 134 Å². The van der Waals surface area contributed by atoms with Crippen LogP contribution in [0.25, 0.3) is 0 Å². The fourth-order valence-corrected chi connectivity index (χ4v) is 7.45. The number of halogens is 2. The highest BCUT2D eigenvalue weighted by Gasteiger charge is 2.63. The maximum absolute atomic E-state index is 14.4. The first-order chi connectivity index (χ1) is 20.8. The predicted molar refractivity (Wildman–Crippen MR) is 160 cm³/mol. The Morgan fingerprint density at radius 2 is 1.33 bits per heavy atom. The Morgan fingerprint density at radius 3 is 1.84 bits per heavy atom. The molecule has 8 rings (SSSR count). The average Bonchev–Trinajstić information content (AvgIpc) is 3.29. The second kappa shape index (κ2) is 10.4. The van der Waals surface area contributed by atoms with Crippen LogP contribution in [0.4, 0.5) is 0 Å². The standard InChI is InChI=1S/C34H24Cl2N2O5/c1-43-20-8-6-7-18(15-20)27(39)17-37(32(40)25-14-13-19(35)16-26(25)36)38-33(41)30-28-21-9-2-3-10-22(21)29(31(30)34(38)42)24-12-5-4-11-23(24)28/h2-16,28-31H,17H2,1H3/t28?,29?,30-,31-/m1/s1. The molecule has 43 heavy (non-hydrogen) atoms. The molecule has 4 aromatic rings. The predicted octanol–water partition coefficient (Wildman–Crippen LogP) is 6.13. The van der Waals surface area contributed by atoms with Gasteiger partial charge in [-0.15, -0.1) is 0 Å². The summed E-state index contributed by atoms with van der Waals surface area (Å²) in [6.45, 7) is -0.572. The van der Waals surface area contributed by atoms with Crippen LogP contribution >= 0.6 is 23.2 Å². The number of benzene rings is 4. The lowest BCUT2D eigenvalue weighted by atomic mass is 9.55. The summed E-state index contributed by atoms with van der Waals surface area (Å²) in [6.07, 6.45) is 0. The van der Waals surface area contributed by atoms with E-state index < -0.39 is 41.9 Å². The van der Waals surface area contributed by atoms with Gasteiger partial charge in [0.1, 0.15) is 12.3 Å². The minimum atomic E-state index is -0.763. The first-order valence-corrected chi connectivity index (χ1v) is 14.5. The summed E-state index contributed by atoms with van der Waals surface area (Å²) in [5, 5.41) is 2.17. The summed E-state index contributed by atoms with van der Waals surface area (Å²) < 4.78 is 5.26. The zero-order chi connectivity index (χ0) is 30.0. The number of ketones is 1. The number of nitrogens with zero attached hydrogens (tertiary/aromatic N) is 2. The molecule has 1 heterocycles. The molecule has 1 aliphatic heterocycles. The van der Waals surface area contributed by atoms with Crippen LogP contribution in [-0.2, 0) is 9.59 Å². The van der Waals surface area contributed by atoms with E-state index in [0.717, 1.165) is 32.3 Å². The molecule has 3 amide bonds. The topological polar surface area (TPSA) is 84.0 Å². The van der Waals surface area contributed by atoms with Gasteiger partial charge >= 0.3 is 0 Å². The summed E-state index contributed by atoms with van der Waals surface area (Å²) in [5.41, 5.74) is 4.27. The van der Waals surface area contributed by atoms with Crippen molar-refractivity contribution in [2.45, 2.75) is 11.8 Å². The second-order valence-corrected chi connectivity index (χ2v) is 11.7. The van der Waals surface area contributed by atoms with Gasteiger partial charge in [0.15, 0.2) is 5.78 Å². The van der Waals surface area contributed by atoms with Gasteiger partial charge in [0, 0.05) is 22.4 Å². The maximum Gasteiger partial charge on any atom is 0.274 e. The Morgan fingerprint density at radius 1 is 0.767 bits per heavy atom. The molecular weight excluding hydrogens is 587 g/mol. The van der Waals surface area contributed by atoms with Gasteiger partial charge < -0.3 is 4.74 Å². The summed E-state index contributed by atoms with van der Waals surface area (Å²) >= 11 is 12.5. The van der Waals surface area contributed by atoms with E-state index in [2.05, 4.69) is 0 Å². The fourth-order valence-electron chi connectivity index (χ4n) is 6.96. The molecule has 1 fully saturated rings. The van der Waals surface area contributed by atoms with Crippen LogP contribution in [0.15, 0.2) is 91.0 Å². The number of carbonyl (C=O) groups is 4. The first kappa shape index (κ1) is 27.4. The molecular formula is C34H24Cl2N2O5. The van der Waals surface area contributed by atoms with Crippen LogP contribution < -0.4 is 4.74 Å². The van der Waals surface area contributed by atoms with Crippen LogP contribution in [-0.4, -0.2) is 47.2 Å².